The first-order valence-electron chi connectivity index (χ1n) is 14.6. The smallest absolute Gasteiger partial charge is 0.343 e. The minimum atomic E-state index is -1.97. The van der Waals surface area contributed by atoms with E-state index in [0.29, 0.717) is 46.4 Å². The van der Waals surface area contributed by atoms with Crippen molar-refractivity contribution in [2.24, 2.45) is 0 Å². The number of allylic oxidation sites excluding steroid dienone is 1. The van der Waals surface area contributed by atoms with Crippen molar-refractivity contribution in [3.63, 3.8) is 0 Å². The molecule has 0 radical (unpaired) electrons. The maximum atomic E-state index is 15.2. The number of pyridine rings is 2. The van der Waals surface area contributed by atoms with Crippen LogP contribution in [0.5, 0.6) is 0 Å². The van der Waals surface area contributed by atoms with Crippen LogP contribution in [0.4, 0.5) is 4.39 Å². The summed E-state index contributed by atoms with van der Waals surface area (Å²) in [6.07, 6.45) is 2.97. The van der Waals surface area contributed by atoms with Crippen LogP contribution in [0, 0.1) is 12.7 Å². The minimum absolute atomic E-state index is 0.0174. The summed E-state index contributed by atoms with van der Waals surface area (Å²) in [6, 6.07) is 9.76. The first kappa shape index (κ1) is 26.7. The van der Waals surface area contributed by atoms with Gasteiger partial charge in [0, 0.05) is 29.1 Å². The Morgan fingerprint density at radius 1 is 1.05 bits per heavy atom. The van der Waals surface area contributed by atoms with Gasteiger partial charge in [-0.05, 0) is 66.6 Å². The number of halogens is 1. The lowest BCUT2D eigenvalue weighted by Crippen LogP contribution is -2.44. The first-order chi connectivity index (χ1) is 21.1. The Morgan fingerprint density at radius 3 is 2.48 bits per heavy atom. The van der Waals surface area contributed by atoms with E-state index in [2.05, 4.69) is 0 Å². The number of ether oxygens (including phenoxy) is 1. The lowest BCUT2D eigenvalue weighted by molar-refractivity contribution is -0.172. The van der Waals surface area contributed by atoms with Crippen LogP contribution in [-0.2, 0) is 34.7 Å². The van der Waals surface area contributed by atoms with E-state index in [-0.39, 0.29) is 60.4 Å². The van der Waals surface area contributed by atoms with Gasteiger partial charge in [-0.25, -0.2) is 14.2 Å². The highest BCUT2D eigenvalue weighted by molar-refractivity contribution is 6.21. The number of carbonyl (C=O) groups excluding carboxylic acids is 3. The molecule has 1 N–H and O–H groups in total. The van der Waals surface area contributed by atoms with Crippen LogP contribution < -0.4 is 5.56 Å². The van der Waals surface area contributed by atoms with Crippen LogP contribution >= 0.6 is 0 Å². The summed E-state index contributed by atoms with van der Waals surface area (Å²) in [6.45, 7) is 3.37. The van der Waals surface area contributed by atoms with Crippen molar-refractivity contribution in [2.75, 3.05) is 6.54 Å². The van der Waals surface area contributed by atoms with E-state index in [1.54, 1.807) is 48.7 Å². The van der Waals surface area contributed by atoms with Gasteiger partial charge in [0.1, 0.15) is 12.4 Å². The van der Waals surface area contributed by atoms with Crippen LogP contribution in [0.25, 0.3) is 27.9 Å². The molecule has 9 nitrogen and oxygen atoms in total. The standard InChI is InChI=1S/C34H26FN3O6/c1-3-34(43)23-12-26-29-21(14-38(26)32(41)22(23)15-44-33(34)42)27-17(8-9-18-16(2)24(35)13-25(36-29)28(18)27)10-11-37-30(39)19-6-4-5-7-20(19)31(37)40/h4-7,10,12-13,43H,3,8-9,11,14-15H2,1-2H3/b17-10+/t34-/m0/s1. The normalized spacial score (nSPS) is 20.6. The van der Waals surface area contributed by atoms with Gasteiger partial charge in [0.05, 0.1) is 40.1 Å². The van der Waals surface area contributed by atoms with Crippen LogP contribution in [-0.4, -0.2) is 43.9 Å². The predicted molar refractivity (Wildman–Crippen MR) is 157 cm³/mol. The predicted octanol–water partition coefficient (Wildman–Crippen LogP) is 4.15. The second-order valence-corrected chi connectivity index (χ2v) is 11.8. The number of amides is 2. The van der Waals surface area contributed by atoms with E-state index in [4.69, 9.17) is 9.72 Å². The van der Waals surface area contributed by atoms with Crippen molar-refractivity contribution in [3.8, 4) is 11.4 Å². The summed E-state index contributed by atoms with van der Waals surface area (Å²) in [7, 11) is 0. The summed E-state index contributed by atoms with van der Waals surface area (Å²) in [5.41, 5.74) is 3.93. The molecule has 5 heterocycles. The van der Waals surface area contributed by atoms with E-state index in [0.717, 1.165) is 27.6 Å². The molecule has 0 saturated heterocycles. The third-order valence-electron chi connectivity index (χ3n) is 9.67. The lowest BCUT2D eigenvalue weighted by atomic mass is 9.81. The maximum absolute atomic E-state index is 15.2. The SMILES string of the molecule is CC[C@@]1(O)C(=O)OCc2c1cc1n(c2=O)Cc2c-1nc1cc(F)c(C)c3c1c2/C(=C/CN1C(=O)c2ccccc2C1=O)CC3. The molecule has 0 saturated carbocycles. The maximum Gasteiger partial charge on any atom is 0.343 e. The summed E-state index contributed by atoms with van der Waals surface area (Å²) >= 11 is 0. The van der Waals surface area contributed by atoms with Crippen molar-refractivity contribution >= 4 is 34.3 Å². The van der Waals surface area contributed by atoms with E-state index in [9.17, 15) is 24.3 Å². The number of carbonyl (C=O) groups is 3. The van der Waals surface area contributed by atoms with Crippen molar-refractivity contribution in [1.82, 2.24) is 14.5 Å². The highest BCUT2D eigenvalue weighted by Gasteiger charge is 2.46. The van der Waals surface area contributed by atoms with Gasteiger partial charge in [0.15, 0.2) is 5.60 Å². The molecule has 0 spiro atoms. The number of esters is 1. The second-order valence-electron chi connectivity index (χ2n) is 11.8. The Kier molecular flexibility index (Phi) is 5.47. The molecule has 2 aromatic heterocycles. The van der Waals surface area contributed by atoms with E-state index < -0.39 is 11.6 Å². The zero-order valence-electron chi connectivity index (χ0n) is 24.0. The molecule has 2 aromatic carbocycles. The Morgan fingerprint density at radius 2 is 1.77 bits per heavy atom. The molecule has 3 aliphatic heterocycles. The zero-order chi connectivity index (χ0) is 30.7. The summed E-state index contributed by atoms with van der Waals surface area (Å²) < 4.78 is 21.9. The number of aryl methyl sites for hydroxylation is 1. The number of cyclic esters (lactones) is 1. The van der Waals surface area contributed by atoms with Crippen LogP contribution in [0.1, 0.15) is 73.9 Å². The van der Waals surface area contributed by atoms with Crippen LogP contribution in [0.3, 0.4) is 0 Å². The van der Waals surface area contributed by atoms with Gasteiger partial charge in [-0.15, -0.1) is 0 Å². The Labute approximate surface area is 250 Å². The van der Waals surface area contributed by atoms with Crippen molar-refractivity contribution in [1.29, 1.82) is 0 Å². The number of hydrogen-bond acceptors (Lipinski definition) is 7. The summed E-state index contributed by atoms with van der Waals surface area (Å²) in [5, 5.41) is 12.0. The molecule has 0 unspecified atom stereocenters. The number of nitrogens with zero attached hydrogens (tertiary/aromatic N) is 3. The number of benzene rings is 2. The van der Waals surface area contributed by atoms with Crippen LogP contribution in [0.2, 0.25) is 0 Å². The molecule has 1 aliphatic carbocycles. The molecular formula is C34H26FN3O6. The molecule has 0 bridgehead atoms. The van der Waals surface area contributed by atoms with Gasteiger partial charge in [-0.3, -0.25) is 19.3 Å². The van der Waals surface area contributed by atoms with Gasteiger partial charge in [0.2, 0.25) is 0 Å². The lowest BCUT2D eigenvalue weighted by Gasteiger charge is -2.31. The van der Waals surface area contributed by atoms with E-state index in [1.807, 2.05) is 6.08 Å². The average molecular weight is 592 g/mol. The van der Waals surface area contributed by atoms with Crippen molar-refractivity contribution < 1.29 is 28.6 Å². The fraction of sp³-hybridized carbons (Fsp3) is 0.265. The fourth-order valence-corrected chi connectivity index (χ4v) is 7.25. The average Bonchev–Trinajstić information content (AvgIpc) is 3.51. The Hall–Kier alpha value is -4.96. The molecular weight excluding hydrogens is 565 g/mol. The number of fused-ring (bicyclic) bond motifs is 6. The van der Waals surface area contributed by atoms with E-state index in [1.165, 1.54) is 11.0 Å². The van der Waals surface area contributed by atoms with Gasteiger partial charge in [-0.1, -0.05) is 25.1 Å². The Balaban J connectivity index is 1.33. The highest BCUT2D eigenvalue weighted by atomic mass is 19.1. The molecule has 2 amide bonds. The monoisotopic (exact) mass is 591 g/mol. The van der Waals surface area contributed by atoms with E-state index >= 15 is 4.39 Å². The van der Waals surface area contributed by atoms with Gasteiger partial charge < -0.3 is 14.4 Å². The molecule has 10 heteroatoms. The number of rotatable bonds is 3. The number of aliphatic hydroxyl groups is 1. The molecule has 1 atom stereocenters. The van der Waals surface area contributed by atoms with Crippen molar-refractivity contribution in [2.45, 2.75) is 51.9 Å². The molecule has 4 aromatic rings. The molecule has 220 valence electrons. The molecule has 44 heavy (non-hydrogen) atoms. The number of hydrogen-bond donors (Lipinski definition) is 1. The molecule has 8 rings (SSSR count). The number of imide groups is 1. The zero-order valence-corrected chi connectivity index (χ0v) is 24.0. The number of aromatic nitrogens is 2. The first-order valence-corrected chi connectivity index (χ1v) is 14.6. The van der Waals surface area contributed by atoms with Crippen molar-refractivity contribution in [3.05, 3.63) is 103 Å². The second kappa shape index (κ2) is 9.03. The minimum Gasteiger partial charge on any atom is -0.458 e. The van der Waals surface area contributed by atoms with Gasteiger partial charge in [-0.2, -0.15) is 0 Å². The van der Waals surface area contributed by atoms with Gasteiger partial charge in [0.25, 0.3) is 17.4 Å². The quantitative estimate of drug-likeness (QED) is 0.247. The highest BCUT2D eigenvalue weighted by Crippen LogP contribution is 2.46. The van der Waals surface area contributed by atoms with Crippen LogP contribution in [0.15, 0.2) is 47.3 Å². The molecule has 4 aliphatic rings. The third kappa shape index (κ3) is 3.34. The van der Waals surface area contributed by atoms with Gasteiger partial charge >= 0.3 is 5.97 Å². The third-order valence-corrected chi connectivity index (χ3v) is 9.67. The summed E-state index contributed by atoms with van der Waals surface area (Å²) in [5.74, 6) is -1.90. The largest absolute Gasteiger partial charge is 0.458 e. The fourth-order valence-electron chi connectivity index (χ4n) is 7.25. The molecule has 0 fully saturated rings. The Bertz CT molecular complexity index is 2110. The summed E-state index contributed by atoms with van der Waals surface area (Å²) in [4.78, 5) is 58.7. The topological polar surface area (TPSA) is 119 Å².